The van der Waals surface area contributed by atoms with Gasteiger partial charge >= 0.3 is 0 Å². The quantitative estimate of drug-likeness (QED) is 0.437. The fraction of sp³-hybridized carbons (Fsp3) is 0.714. The van der Waals surface area contributed by atoms with Crippen LogP contribution < -0.4 is 0 Å². The van der Waals surface area contributed by atoms with Crippen molar-refractivity contribution in [1.82, 2.24) is 0 Å². The molecule has 0 heterocycles. The fourth-order valence-corrected chi connectivity index (χ4v) is 1.18. The van der Waals surface area contributed by atoms with Gasteiger partial charge in [-0.2, -0.15) is 0 Å². The van der Waals surface area contributed by atoms with Crippen molar-refractivity contribution in [2.24, 2.45) is 11.3 Å². The molecular weight excluding hydrogens is 130 g/mol. The van der Waals surface area contributed by atoms with Gasteiger partial charge < -0.3 is 4.84 Å². The molecule has 0 radical (unpaired) electrons. The number of rotatable bonds is 2. The monoisotopic (exact) mass is 141 g/mol. The van der Waals surface area contributed by atoms with Gasteiger partial charge in [-0.25, -0.2) is 0 Å². The molecular formula is C7H11NO2. The van der Waals surface area contributed by atoms with Crippen molar-refractivity contribution in [3.05, 3.63) is 16.7 Å². The van der Waals surface area contributed by atoms with Gasteiger partial charge in [0.05, 0.1) is 0 Å². The molecule has 0 aliphatic heterocycles. The lowest BCUT2D eigenvalue weighted by Crippen LogP contribution is -2.05. The molecule has 56 valence electrons. The van der Waals surface area contributed by atoms with E-state index in [1.54, 1.807) is 0 Å². The Morgan fingerprint density at radius 1 is 1.80 bits per heavy atom. The van der Waals surface area contributed by atoms with Crippen LogP contribution >= 0.6 is 0 Å². The van der Waals surface area contributed by atoms with Crippen LogP contribution in [0.4, 0.5) is 0 Å². The topological polar surface area (TPSA) is 38.7 Å². The summed E-state index contributed by atoms with van der Waals surface area (Å²) in [5.74, 6) is 1.10. The van der Waals surface area contributed by atoms with E-state index in [-0.39, 0.29) is 0 Å². The maximum Gasteiger partial charge on any atom is 0.160 e. The molecule has 3 nitrogen and oxygen atoms in total. The van der Waals surface area contributed by atoms with E-state index in [1.807, 2.05) is 13.0 Å². The second-order valence-corrected chi connectivity index (χ2v) is 2.60. The smallest absolute Gasteiger partial charge is 0.160 e. The predicted molar refractivity (Wildman–Crippen MR) is 38.0 cm³/mol. The summed E-state index contributed by atoms with van der Waals surface area (Å²) in [6.07, 6.45) is 5.24. The first-order valence-electron chi connectivity index (χ1n) is 3.54. The van der Waals surface area contributed by atoms with Gasteiger partial charge in [-0.1, -0.05) is 6.92 Å². The molecule has 0 saturated heterocycles. The highest BCUT2D eigenvalue weighted by Crippen LogP contribution is 2.24. The van der Waals surface area contributed by atoms with Crippen LogP contribution in [0.2, 0.25) is 0 Å². The first-order chi connectivity index (χ1) is 4.84. The summed E-state index contributed by atoms with van der Waals surface area (Å²) >= 11 is 0. The zero-order valence-corrected chi connectivity index (χ0v) is 6.04. The molecule has 1 unspecified atom stereocenters. The Labute approximate surface area is 60.0 Å². The average Bonchev–Trinajstić information content (AvgIpc) is 1.94. The van der Waals surface area contributed by atoms with Crippen LogP contribution in [0.25, 0.3) is 0 Å². The average molecular weight is 141 g/mol. The molecule has 0 aromatic rings. The van der Waals surface area contributed by atoms with Crippen LogP contribution in [0.1, 0.15) is 26.2 Å². The molecule has 3 heteroatoms. The second kappa shape index (κ2) is 3.34. The van der Waals surface area contributed by atoms with Gasteiger partial charge in [0.1, 0.15) is 5.76 Å². The van der Waals surface area contributed by atoms with Crippen molar-refractivity contribution in [3.8, 4) is 0 Å². The van der Waals surface area contributed by atoms with E-state index in [0.29, 0.717) is 5.92 Å². The van der Waals surface area contributed by atoms with Gasteiger partial charge in [0.15, 0.2) is 5.34 Å². The molecule has 0 bridgehead atoms. The lowest BCUT2D eigenvalue weighted by molar-refractivity contribution is 0.177. The minimum Gasteiger partial charge on any atom is -0.329 e. The number of nitrogens with zero attached hydrogens (tertiary/aromatic N) is 1. The van der Waals surface area contributed by atoms with E-state index in [4.69, 9.17) is 0 Å². The largest absolute Gasteiger partial charge is 0.329 e. The van der Waals surface area contributed by atoms with E-state index in [1.165, 1.54) is 6.42 Å². The first kappa shape index (κ1) is 7.25. The molecule has 0 N–H and O–H groups in total. The molecule has 1 aliphatic carbocycles. The fourth-order valence-electron chi connectivity index (χ4n) is 1.18. The Morgan fingerprint density at radius 2 is 2.60 bits per heavy atom. The summed E-state index contributed by atoms with van der Waals surface area (Å²) < 4.78 is 0. The first-order valence-corrected chi connectivity index (χ1v) is 3.54. The van der Waals surface area contributed by atoms with Crippen molar-refractivity contribution in [2.45, 2.75) is 26.2 Å². The molecule has 1 rings (SSSR count). The highest BCUT2D eigenvalue weighted by atomic mass is 16.7. The van der Waals surface area contributed by atoms with Crippen molar-refractivity contribution in [2.75, 3.05) is 0 Å². The Balaban J connectivity index is 2.52. The van der Waals surface area contributed by atoms with Crippen molar-refractivity contribution < 1.29 is 4.84 Å². The van der Waals surface area contributed by atoms with Crippen LogP contribution in [0.15, 0.2) is 17.2 Å². The van der Waals surface area contributed by atoms with E-state index in [0.717, 1.165) is 18.6 Å². The summed E-state index contributed by atoms with van der Waals surface area (Å²) in [6, 6.07) is 0. The summed E-state index contributed by atoms with van der Waals surface area (Å²) in [5.41, 5.74) is 0. The summed E-state index contributed by atoms with van der Waals surface area (Å²) in [7, 11) is 0. The van der Waals surface area contributed by atoms with Crippen molar-refractivity contribution in [3.63, 3.8) is 0 Å². The van der Waals surface area contributed by atoms with Gasteiger partial charge in [-0.05, 0) is 25.3 Å². The molecule has 1 atom stereocenters. The maximum atomic E-state index is 9.71. The normalized spacial score (nSPS) is 25.3. The molecule has 0 saturated carbocycles. The molecule has 0 fully saturated rings. The zero-order chi connectivity index (χ0) is 7.40. The highest BCUT2D eigenvalue weighted by molar-refractivity contribution is 5.00. The van der Waals surface area contributed by atoms with Crippen molar-refractivity contribution >= 4 is 0 Å². The van der Waals surface area contributed by atoms with E-state index in [9.17, 15) is 4.91 Å². The lowest BCUT2D eigenvalue weighted by Gasteiger charge is -2.15. The molecule has 0 amide bonds. The third kappa shape index (κ3) is 1.56. The Bertz CT molecular complexity index is 154. The van der Waals surface area contributed by atoms with Crippen LogP contribution in [0.5, 0.6) is 0 Å². The minimum absolute atomic E-state index is 0.367. The molecule has 0 aromatic carbocycles. The van der Waals surface area contributed by atoms with Crippen LogP contribution in [0.3, 0.4) is 0 Å². The number of hydrogen-bond donors (Lipinski definition) is 0. The van der Waals surface area contributed by atoms with Gasteiger partial charge in [0.25, 0.3) is 0 Å². The lowest BCUT2D eigenvalue weighted by atomic mass is 9.96. The Morgan fingerprint density at radius 3 is 3.20 bits per heavy atom. The van der Waals surface area contributed by atoms with Gasteiger partial charge in [-0.3, -0.25) is 0 Å². The number of allylic oxidation sites excluding steroid dienone is 2. The molecule has 0 spiro atoms. The van der Waals surface area contributed by atoms with Crippen LogP contribution in [-0.2, 0) is 4.84 Å². The standard InChI is InChI=1S/C7H11NO2/c1-6-4-2-3-5-7(6)10-8-9/h5-6H,2-4H2,1H3. The van der Waals surface area contributed by atoms with Gasteiger partial charge in [0, 0.05) is 5.92 Å². The Hall–Kier alpha value is -0.860. The number of hydrogen-bond acceptors (Lipinski definition) is 3. The molecule has 0 aromatic heterocycles. The minimum atomic E-state index is 0.367. The highest BCUT2D eigenvalue weighted by Gasteiger charge is 2.14. The summed E-state index contributed by atoms with van der Waals surface area (Å²) in [6.45, 7) is 2.04. The second-order valence-electron chi connectivity index (χ2n) is 2.60. The van der Waals surface area contributed by atoms with E-state index in [2.05, 4.69) is 10.2 Å². The Kier molecular flexibility index (Phi) is 2.42. The van der Waals surface area contributed by atoms with Crippen LogP contribution in [0, 0.1) is 10.8 Å². The predicted octanol–water partition coefficient (Wildman–Crippen LogP) is 2.39. The van der Waals surface area contributed by atoms with Gasteiger partial charge in [0.2, 0.25) is 0 Å². The zero-order valence-electron chi connectivity index (χ0n) is 6.04. The molecule has 1 aliphatic rings. The van der Waals surface area contributed by atoms with Crippen molar-refractivity contribution in [1.29, 1.82) is 0 Å². The third-order valence-corrected chi connectivity index (χ3v) is 1.82. The van der Waals surface area contributed by atoms with Crippen LogP contribution in [-0.4, -0.2) is 0 Å². The summed E-state index contributed by atoms with van der Waals surface area (Å²) in [5, 5.41) is 2.39. The van der Waals surface area contributed by atoms with E-state index >= 15 is 0 Å². The molecule has 10 heavy (non-hydrogen) atoms. The summed E-state index contributed by atoms with van der Waals surface area (Å²) in [4.78, 5) is 14.2. The van der Waals surface area contributed by atoms with E-state index < -0.39 is 0 Å². The SMILES string of the molecule is CC1CCCC=C1ON=O. The maximum absolute atomic E-state index is 9.71. The van der Waals surface area contributed by atoms with Gasteiger partial charge in [-0.15, -0.1) is 4.91 Å². The third-order valence-electron chi connectivity index (χ3n) is 1.82.